The van der Waals surface area contributed by atoms with Gasteiger partial charge in [0.1, 0.15) is 9.71 Å². The lowest BCUT2D eigenvalue weighted by molar-refractivity contribution is -0.670. The van der Waals surface area contributed by atoms with Crippen molar-refractivity contribution in [3.63, 3.8) is 0 Å². The summed E-state index contributed by atoms with van der Waals surface area (Å²) in [5, 5.41) is 7.35. The number of benzene rings is 1. The predicted octanol–water partition coefficient (Wildman–Crippen LogP) is 2.70. The molecule has 7 nitrogen and oxygen atoms in total. The van der Waals surface area contributed by atoms with E-state index in [0.717, 1.165) is 21.6 Å². The molecule has 25 heavy (non-hydrogen) atoms. The average Bonchev–Trinajstić information content (AvgIpc) is 3.20. The van der Waals surface area contributed by atoms with Crippen molar-refractivity contribution in [1.29, 1.82) is 0 Å². The minimum absolute atomic E-state index is 0.231. The van der Waals surface area contributed by atoms with E-state index in [2.05, 4.69) is 15.6 Å². The Morgan fingerprint density at radius 1 is 1.24 bits per heavy atom. The van der Waals surface area contributed by atoms with Crippen LogP contribution in [0.15, 0.2) is 53.2 Å². The molecule has 4 rings (SSSR count). The maximum Gasteiger partial charge on any atom is 0.303 e. The number of pyridine rings is 1. The number of thiophene rings is 1. The van der Waals surface area contributed by atoms with Gasteiger partial charge in [-0.25, -0.2) is 4.98 Å². The summed E-state index contributed by atoms with van der Waals surface area (Å²) in [5.41, 5.74) is 8.22. The van der Waals surface area contributed by atoms with Crippen LogP contribution < -0.4 is 15.7 Å². The van der Waals surface area contributed by atoms with Gasteiger partial charge in [-0.3, -0.25) is 14.6 Å². The third-order valence-corrected chi connectivity index (χ3v) is 4.78. The van der Waals surface area contributed by atoms with E-state index in [-0.39, 0.29) is 11.8 Å². The minimum Gasteiger partial charge on any atom is -0.397 e. The summed E-state index contributed by atoms with van der Waals surface area (Å²) in [4.78, 5) is 18.1. The van der Waals surface area contributed by atoms with Gasteiger partial charge in [0.2, 0.25) is 11.0 Å². The number of para-hydroxylation sites is 1. The molecule has 0 saturated heterocycles. The molecule has 0 fully saturated rings. The second-order valence-corrected chi connectivity index (χ2v) is 6.45. The van der Waals surface area contributed by atoms with Crippen LogP contribution in [0, 0.1) is 6.92 Å². The van der Waals surface area contributed by atoms with Crippen LogP contribution in [0.3, 0.4) is 0 Å². The van der Waals surface area contributed by atoms with Crippen LogP contribution in [0.2, 0.25) is 0 Å². The van der Waals surface area contributed by atoms with Gasteiger partial charge in [0.15, 0.2) is 0 Å². The monoisotopic (exact) mass is 352 g/mol. The number of carbonyl (C=O) groups excluding carboxylic acids is 1. The molecular weight excluding hydrogens is 338 g/mol. The Morgan fingerprint density at radius 2 is 2.04 bits per heavy atom. The molecule has 124 valence electrons. The van der Waals surface area contributed by atoms with Crippen LogP contribution in [-0.2, 0) is 0 Å². The highest BCUT2D eigenvalue weighted by atomic mass is 32.1. The molecule has 0 radical (unpaired) electrons. The van der Waals surface area contributed by atoms with Crippen molar-refractivity contribution in [2.24, 2.45) is 0 Å². The van der Waals surface area contributed by atoms with Crippen LogP contribution >= 0.6 is 11.3 Å². The Bertz CT molecular complexity index is 1070. The third kappa shape index (κ3) is 2.83. The smallest absolute Gasteiger partial charge is 0.303 e. The summed E-state index contributed by atoms with van der Waals surface area (Å²) in [6.45, 7) is 1.89. The number of fused-ring (bicyclic) bond motifs is 1. The van der Waals surface area contributed by atoms with E-state index in [1.54, 1.807) is 6.20 Å². The van der Waals surface area contributed by atoms with E-state index in [4.69, 9.17) is 10.3 Å². The zero-order valence-corrected chi connectivity index (χ0v) is 14.1. The molecule has 0 bridgehead atoms. The summed E-state index contributed by atoms with van der Waals surface area (Å²) in [6.07, 6.45) is 1.60. The lowest BCUT2D eigenvalue weighted by Gasteiger charge is -1.97. The van der Waals surface area contributed by atoms with E-state index >= 15 is 0 Å². The topological polar surface area (TPSA) is 97.9 Å². The van der Waals surface area contributed by atoms with E-state index in [0.29, 0.717) is 10.6 Å². The van der Waals surface area contributed by atoms with E-state index in [1.165, 1.54) is 16.0 Å². The lowest BCUT2D eigenvalue weighted by Crippen LogP contribution is -2.31. The second kappa shape index (κ2) is 5.99. The summed E-state index contributed by atoms with van der Waals surface area (Å²) >= 11 is 1.25. The SMILES string of the molecule is Cc1ccc2c(N)c(C(=O)Nc3c[n+](-c4ccccc4)no3)sc2n1. The Kier molecular flexibility index (Phi) is 3.66. The number of aromatic nitrogens is 3. The van der Waals surface area contributed by atoms with Crippen LogP contribution in [0.4, 0.5) is 11.6 Å². The van der Waals surface area contributed by atoms with E-state index < -0.39 is 0 Å². The molecule has 1 aromatic carbocycles. The van der Waals surface area contributed by atoms with Gasteiger partial charge in [0, 0.05) is 23.2 Å². The van der Waals surface area contributed by atoms with Gasteiger partial charge in [-0.2, -0.15) is 0 Å². The first-order valence-corrected chi connectivity index (χ1v) is 8.34. The fourth-order valence-electron chi connectivity index (χ4n) is 2.43. The lowest BCUT2D eigenvalue weighted by atomic mass is 10.2. The highest BCUT2D eigenvalue weighted by Crippen LogP contribution is 2.32. The van der Waals surface area contributed by atoms with Gasteiger partial charge in [0.05, 0.1) is 5.69 Å². The number of hydrogen-bond donors (Lipinski definition) is 2. The number of anilines is 2. The van der Waals surface area contributed by atoms with E-state index in [1.807, 2.05) is 49.4 Å². The molecule has 3 heterocycles. The zero-order chi connectivity index (χ0) is 17.4. The van der Waals surface area contributed by atoms with Gasteiger partial charge in [-0.1, -0.05) is 18.2 Å². The number of hydrogen-bond acceptors (Lipinski definition) is 6. The largest absolute Gasteiger partial charge is 0.397 e. The van der Waals surface area contributed by atoms with Crippen molar-refractivity contribution >= 4 is 39.0 Å². The molecule has 4 aromatic rings. The van der Waals surface area contributed by atoms with Crippen molar-refractivity contribution in [2.45, 2.75) is 6.92 Å². The van der Waals surface area contributed by atoms with Gasteiger partial charge in [-0.15, -0.1) is 11.3 Å². The van der Waals surface area contributed by atoms with Gasteiger partial charge < -0.3 is 5.73 Å². The standard InChI is InChI=1S/C17H13N5O2S/c1-10-7-8-12-14(18)15(25-17(12)19-10)16(23)20-13-9-22(21-24-13)11-5-3-2-4-6-11/h2-9H,1H3,(H2-,18,20,21,23)/p+1. The quantitative estimate of drug-likeness (QED) is 0.553. The number of rotatable bonds is 3. The van der Waals surface area contributed by atoms with Crippen molar-refractivity contribution in [3.8, 4) is 5.69 Å². The average molecular weight is 352 g/mol. The normalized spacial score (nSPS) is 10.9. The first-order valence-electron chi connectivity index (χ1n) is 7.53. The fourth-order valence-corrected chi connectivity index (χ4v) is 3.47. The number of nitrogens with two attached hydrogens (primary N) is 1. The third-order valence-electron chi connectivity index (χ3n) is 3.66. The Balaban J connectivity index is 1.60. The minimum atomic E-state index is -0.352. The highest BCUT2D eigenvalue weighted by Gasteiger charge is 2.21. The molecule has 1 amide bonds. The van der Waals surface area contributed by atoms with Gasteiger partial charge in [-0.05, 0) is 23.7 Å². The molecule has 0 atom stereocenters. The summed E-state index contributed by atoms with van der Waals surface area (Å²) in [6, 6.07) is 13.2. The first-order chi connectivity index (χ1) is 12.1. The Hall–Kier alpha value is -3.26. The van der Waals surface area contributed by atoms with Crippen LogP contribution in [0.1, 0.15) is 15.4 Å². The number of carbonyl (C=O) groups is 1. The Morgan fingerprint density at radius 3 is 2.84 bits per heavy atom. The molecule has 0 aliphatic rings. The van der Waals surface area contributed by atoms with E-state index in [9.17, 15) is 4.79 Å². The highest BCUT2D eigenvalue weighted by molar-refractivity contribution is 7.21. The number of amides is 1. The first kappa shape index (κ1) is 15.3. The van der Waals surface area contributed by atoms with Gasteiger partial charge >= 0.3 is 5.88 Å². The van der Waals surface area contributed by atoms with Crippen molar-refractivity contribution in [2.75, 3.05) is 11.1 Å². The number of nitrogen functional groups attached to an aromatic ring is 1. The van der Waals surface area contributed by atoms with Gasteiger partial charge in [0.25, 0.3) is 12.1 Å². The molecule has 0 saturated carbocycles. The molecule has 0 aliphatic heterocycles. The molecule has 3 N–H and O–H groups in total. The Labute approximate surface area is 146 Å². The predicted molar refractivity (Wildman–Crippen MR) is 94.8 cm³/mol. The van der Waals surface area contributed by atoms with Crippen LogP contribution in [-0.4, -0.2) is 16.2 Å². The fraction of sp³-hybridized carbons (Fsp3) is 0.0588. The zero-order valence-electron chi connectivity index (χ0n) is 13.3. The molecular formula is C17H14N5O2S+. The molecule has 3 aromatic heterocycles. The second-order valence-electron chi connectivity index (χ2n) is 5.45. The van der Waals surface area contributed by atoms with Crippen LogP contribution in [0.5, 0.6) is 0 Å². The summed E-state index contributed by atoms with van der Waals surface area (Å²) in [5.74, 6) is -0.121. The van der Waals surface area contributed by atoms with Crippen molar-refractivity contribution < 1.29 is 14.0 Å². The summed E-state index contributed by atoms with van der Waals surface area (Å²) in [7, 11) is 0. The number of nitrogens with one attached hydrogen (secondary N) is 1. The van der Waals surface area contributed by atoms with Crippen molar-refractivity contribution in [1.82, 2.24) is 10.3 Å². The molecule has 8 heteroatoms. The summed E-state index contributed by atoms with van der Waals surface area (Å²) < 4.78 is 6.71. The van der Waals surface area contributed by atoms with Crippen LogP contribution in [0.25, 0.3) is 15.9 Å². The number of nitrogens with zero attached hydrogens (tertiary/aromatic N) is 3. The molecule has 0 spiro atoms. The maximum absolute atomic E-state index is 12.5. The molecule has 0 aliphatic carbocycles. The molecule has 0 unspecified atom stereocenters. The maximum atomic E-state index is 12.5. The number of aryl methyl sites for hydroxylation is 1. The van der Waals surface area contributed by atoms with Crippen molar-refractivity contribution in [3.05, 3.63) is 59.2 Å².